The molecule has 0 spiro atoms. The molecule has 0 amide bonds. The molecule has 33 heavy (non-hydrogen) atoms. The van der Waals surface area contributed by atoms with Gasteiger partial charge in [0.15, 0.2) is 5.11 Å². The number of pyridine rings is 2. The second-order valence-electron chi connectivity index (χ2n) is 8.47. The number of aryl methyl sites for hydroxylation is 2. The maximum atomic E-state index is 13.0. The Bertz CT molecular complexity index is 1320. The van der Waals surface area contributed by atoms with E-state index in [0.29, 0.717) is 23.8 Å². The van der Waals surface area contributed by atoms with Crippen molar-refractivity contribution in [2.24, 2.45) is 0 Å². The number of aromatic nitrogens is 2. The second-order valence-corrected chi connectivity index (χ2v) is 8.86. The Morgan fingerprint density at radius 2 is 1.88 bits per heavy atom. The van der Waals surface area contributed by atoms with Crippen molar-refractivity contribution in [3.05, 3.63) is 111 Å². The molecule has 2 heterocycles. The number of rotatable bonds is 6. The molecule has 2 aromatic carbocycles. The first kappa shape index (κ1) is 22.7. The van der Waals surface area contributed by atoms with Crippen molar-refractivity contribution in [3.8, 4) is 0 Å². The van der Waals surface area contributed by atoms with Gasteiger partial charge in [0.25, 0.3) is 5.56 Å². The van der Waals surface area contributed by atoms with E-state index in [4.69, 9.17) is 12.2 Å². The van der Waals surface area contributed by atoms with Gasteiger partial charge in [0.1, 0.15) is 0 Å². The third-order valence-corrected chi connectivity index (χ3v) is 6.13. The Labute approximate surface area is 199 Å². The van der Waals surface area contributed by atoms with Gasteiger partial charge < -0.3 is 15.2 Å². The van der Waals surface area contributed by atoms with E-state index in [1.165, 1.54) is 5.56 Å². The average Bonchev–Trinajstić information content (AvgIpc) is 2.81. The van der Waals surface area contributed by atoms with Crippen molar-refractivity contribution in [3.63, 3.8) is 0 Å². The predicted molar refractivity (Wildman–Crippen MR) is 138 cm³/mol. The van der Waals surface area contributed by atoms with Crippen molar-refractivity contribution in [1.29, 1.82) is 0 Å². The summed E-state index contributed by atoms with van der Waals surface area (Å²) >= 11 is 5.81. The quantitative estimate of drug-likeness (QED) is 0.392. The molecule has 0 unspecified atom stereocenters. The second kappa shape index (κ2) is 9.96. The zero-order chi connectivity index (χ0) is 23.4. The van der Waals surface area contributed by atoms with E-state index in [1.54, 1.807) is 6.20 Å². The summed E-state index contributed by atoms with van der Waals surface area (Å²) in [5, 5.41) is 5.06. The highest BCUT2D eigenvalue weighted by molar-refractivity contribution is 7.80. The molecule has 0 radical (unpaired) electrons. The third kappa shape index (κ3) is 5.46. The number of hydrogen-bond donors (Lipinski definition) is 2. The van der Waals surface area contributed by atoms with Crippen LogP contribution in [0.25, 0.3) is 10.9 Å². The summed E-state index contributed by atoms with van der Waals surface area (Å²) in [5.41, 5.74) is 5.87. The number of fused-ring (bicyclic) bond motifs is 1. The summed E-state index contributed by atoms with van der Waals surface area (Å²) < 4.78 is 0. The fourth-order valence-corrected chi connectivity index (χ4v) is 4.37. The summed E-state index contributed by atoms with van der Waals surface area (Å²) in [6.07, 6.45) is 3.58. The van der Waals surface area contributed by atoms with E-state index in [9.17, 15) is 4.79 Å². The van der Waals surface area contributed by atoms with Crippen LogP contribution in [0, 0.1) is 13.8 Å². The molecule has 6 heteroatoms. The van der Waals surface area contributed by atoms with E-state index >= 15 is 0 Å². The van der Waals surface area contributed by atoms with Crippen LogP contribution in [-0.4, -0.2) is 20.0 Å². The Balaban J connectivity index is 1.64. The van der Waals surface area contributed by atoms with E-state index in [1.807, 2.05) is 54.4 Å². The van der Waals surface area contributed by atoms with Crippen LogP contribution in [0.5, 0.6) is 0 Å². The number of nitrogens with zero attached hydrogens (tertiary/aromatic N) is 2. The van der Waals surface area contributed by atoms with E-state index in [0.717, 1.165) is 27.6 Å². The lowest BCUT2D eigenvalue weighted by molar-refractivity contribution is 0.391. The average molecular weight is 457 g/mol. The van der Waals surface area contributed by atoms with Crippen LogP contribution < -0.4 is 10.9 Å². The number of aromatic amines is 1. The molecule has 2 aromatic heterocycles. The lowest BCUT2D eigenvalue weighted by Gasteiger charge is -2.28. The number of benzene rings is 2. The van der Waals surface area contributed by atoms with E-state index < -0.39 is 0 Å². The normalized spacial score (nSPS) is 11.8. The van der Waals surface area contributed by atoms with Crippen molar-refractivity contribution in [1.82, 2.24) is 20.2 Å². The predicted octanol–water partition coefficient (Wildman–Crippen LogP) is 5.18. The van der Waals surface area contributed by atoms with Crippen molar-refractivity contribution in [2.45, 2.75) is 39.9 Å². The molecule has 1 atom stereocenters. The molecular formula is C27H28N4OS. The SMILES string of the molecule is Cc1cc(C)c2[nH]c(=O)c(CN(Cc3cccnc3)C(=S)N[C@@H](C)c3ccccc3)cc2c1. The summed E-state index contributed by atoms with van der Waals surface area (Å²) in [7, 11) is 0. The molecule has 5 nitrogen and oxygen atoms in total. The highest BCUT2D eigenvalue weighted by Crippen LogP contribution is 2.19. The summed E-state index contributed by atoms with van der Waals surface area (Å²) in [4.78, 5) is 22.3. The molecule has 0 aliphatic rings. The van der Waals surface area contributed by atoms with Crippen LogP contribution in [0.3, 0.4) is 0 Å². The van der Waals surface area contributed by atoms with Gasteiger partial charge in [-0.05, 0) is 73.3 Å². The fourth-order valence-electron chi connectivity index (χ4n) is 4.07. The Hall–Kier alpha value is -3.51. The number of nitrogens with one attached hydrogen (secondary N) is 2. The van der Waals surface area contributed by atoms with E-state index in [-0.39, 0.29) is 11.6 Å². The summed E-state index contributed by atoms with van der Waals surface area (Å²) in [5.74, 6) is 0. The smallest absolute Gasteiger partial charge is 0.253 e. The fraction of sp³-hybridized carbons (Fsp3) is 0.222. The van der Waals surface area contributed by atoms with Gasteiger partial charge in [-0.15, -0.1) is 0 Å². The van der Waals surface area contributed by atoms with Gasteiger partial charge in [-0.3, -0.25) is 9.78 Å². The van der Waals surface area contributed by atoms with E-state index in [2.05, 4.69) is 53.4 Å². The van der Waals surface area contributed by atoms with Crippen LogP contribution in [0.1, 0.15) is 40.8 Å². The molecule has 4 rings (SSSR count). The van der Waals surface area contributed by atoms with Crippen LogP contribution in [-0.2, 0) is 13.1 Å². The number of H-pyrrole nitrogens is 1. The van der Waals surface area contributed by atoms with Gasteiger partial charge in [0.2, 0.25) is 0 Å². The third-order valence-electron chi connectivity index (χ3n) is 5.75. The number of hydrogen-bond acceptors (Lipinski definition) is 3. The molecule has 2 N–H and O–H groups in total. The molecule has 4 aromatic rings. The van der Waals surface area contributed by atoms with Crippen LogP contribution in [0.15, 0.2) is 77.9 Å². The lowest BCUT2D eigenvalue weighted by atomic mass is 10.1. The molecule has 168 valence electrons. The van der Waals surface area contributed by atoms with Crippen LogP contribution in [0.4, 0.5) is 0 Å². The number of thiocarbonyl (C=S) groups is 1. The van der Waals surface area contributed by atoms with Gasteiger partial charge in [0.05, 0.1) is 18.1 Å². The zero-order valence-corrected chi connectivity index (χ0v) is 19.9. The molecule has 0 aliphatic carbocycles. The zero-order valence-electron chi connectivity index (χ0n) is 19.1. The van der Waals surface area contributed by atoms with Gasteiger partial charge >= 0.3 is 0 Å². The van der Waals surface area contributed by atoms with Crippen LogP contribution >= 0.6 is 12.2 Å². The molecule has 0 fully saturated rings. The minimum atomic E-state index is -0.0930. The standard InChI is InChI=1S/C27H28N4OS/c1-18-12-19(2)25-23(13-18)14-24(26(32)30-25)17-31(16-21-8-7-11-28-15-21)27(33)29-20(3)22-9-5-4-6-10-22/h4-15,20H,16-17H2,1-3H3,(H,29,33)(H,30,32)/t20-/m0/s1. The van der Waals surface area contributed by atoms with Crippen molar-refractivity contribution < 1.29 is 0 Å². The first-order valence-electron chi connectivity index (χ1n) is 11.0. The largest absolute Gasteiger partial charge is 0.356 e. The van der Waals surface area contributed by atoms with Crippen molar-refractivity contribution in [2.75, 3.05) is 0 Å². The molecule has 0 aliphatic heterocycles. The van der Waals surface area contributed by atoms with Gasteiger partial charge in [-0.2, -0.15) is 0 Å². The van der Waals surface area contributed by atoms with Gasteiger partial charge in [-0.25, -0.2) is 0 Å². The Morgan fingerprint density at radius 3 is 2.61 bits per heavy atom. The van der Waals surface area contributed by atoms with Crippen molar-refractivity contribution >= 4 is 28.2 Å². The molecule has 0 saturated heterocycles. The molecule has 0 saturated carbocycles. The first-order valence-corrected chi connectivity index (χ1v) is 11.4. The monoisotopic (exact) mass is 456 g/mol. The minimum Gasteiger partial charge on any atom is -0.356 e. The topological polar surface area (TPSA) is 61.0 Å². The molecular weight excluding hydrogens is 428 g/mol. The first-order chi connectivity index (χ1) is 15.9. The summed E-state index contributed by atoms with van der Waals surface area (Å²) in [6, 6.07) is 20.3. The summed E-state index contributed by atoms with van der Waals surface area (Å²) in [6.45, 7) is 7.10. The highest BCUT2D eigenvalue weighted by Gasteiger charge is 2.17. The lowest BCUT2D eigenvalue weighted by Crippen LogP contribution is -2.41. The highest BCUT2D eigenvalue weighted by atomic mass is 32.1. The molecule has 0 bridgehead atoms. The van der Waals surface area contributed by atoms with Gasteiger partial charge in [-0.1, -0.05) is 48.0 Å². The maximum Gasteiger partial charge on any atom is 0.253 e. The maximum absolute atomic E-state index is 13.0. The minimum absolute atomic E-state index is 0.0373. The van der Waals surface area contributed by atoms with Gasteiger partial charge in [0, 0.05) is 24.5 Å². The van der Waals surface area contributed by atoms with Crippen LogP contribution in [0.2, 0.25) is 0 Å². The Kier molecular flexibility index (Phi) is 6.84. The Morgan fingerprint density at radius 1 is 1.09 bits per heavy atom.